The second-order valence-corrected chi connectivity index (χ2v) is 5.71. The van der Waals surface area contributed by atoms with E-state index in [1.165, 1.54) is 0 Å². The number of aromatic nitrogens is 2. The Morgan fingerprint density at radius 1 is 1.29 bits per heavy atom. The van der Waals surface area contributed by atoms with Crippen molar-refractivity contribution in [2.24, 2.45) is 5.10 Å². The molecule has 0 amide bonds. The van der Waals surface area contributed by atoms with Crippen LogP contribution >= 0.6 is 0 Å². The van der Waals surface area contributed by atoms with Crippen LogP contribution in [0.15, 0.2) is 26.4 Å². The van der Waals surface area contributed by atoms with Gasteiger partial charge in [0.25, 0.3) is 0 Å². The van der Waals surface area contributed by atoms with Gasteiger partial charge in [0, 0.05) is 25.2 Å². The molecule has 0 radical (unpaired) electrons. The Bertz CT molecular complexity index is 722. The summed E-state index contributed by atoms with van der Waals surface area (Å²) in [5, 5.41) is 4.11. The summed E-state index contributed by atoms with van der Waals surface area (Å²) in [4.78, 5) is 20.7. The number of anilines is 2. The number of hydrogen-bond donors (Lipinski definition) is 2. The van der Waals surface area contributed by atoms with Crippen LogP contribution in [0.3, 0.4) is 0 Å². The molecule has 0 aliphatic rings. The van der Waals surface area contributed by atoms with Crippen molar-refractivity contribution >= 4 is 17.9 Å². The first-order valence-corrected chi connectivity index (χ1v) is 8.26. The number of hydrogen-bond acceptors (Lipinski definition) is 6. The Balaban J connectivity index is 2.14. The quantitative estimate of drug-likeness (QED) is 0.573. The fourth-order valence-corrected chi connectivity index (χ4v) is 2.37. The van der Waals surface area contributed by atoms with E-state index < -0.39 is 0 Å². The van der Waals surface area contributed by atoms with Crippen molar-refractivity contribution in [2.75, 3.05) is 23.4 Å². The predicted octanol–water partition coefficient (Wildman–Crippen LogP) is 3.05. The summed E-state index contributed by atoms with van der Waals surface area (Å²) in [6.45, 7) is 9.81. The first-order chi connectivity index (χ1) is 11.5. The van der Waals surface area contributed by atoms with Crippen LogP contribution < -0.4 is 16.0 Å². The zero-order valence-corrected chi connectivity index (χ0v) is 14.7. The van der Waals surface area contributed by atoms with E-state index in [0.29, 0.717) is 17.4 Å². The molecule has 0 spiro atoms. The lowest BCUT2D eigenvalue weighted by Gasteiger charge is -2.22. The molecule has 24 heavy (non-hydrogen) atoms. The highest BCUT2D eigenvalue weighted by molar-refractivity contribution is 5.78. The summed E-state index contributed by atoms with van der Waals surface area (Å²) < 4.78 is 5.48. The molecule has 0 unspecified atom stereocenters. The summed E-state index contributed by atoms with van der Waals surface area (Å²) in [5.41, 5.74) is 4.09. The number of furan rings is 1. The van der Waals surface area contributed by atoms with Crippen molar-refractivity contribution in [3.05, 3.63) is 39.6 Å². The van der Waals surface area contributed by atoms with Gasteiger partial charge in [-0.3, -0.25) is 0 Å². The van der Waals surface area contributed by atoms with Crippen molar-refractivity contribution in [1.82, 2.24) is 9.97 Å². The van der Waals surface area contributed by atoms with E-state index in [9.17, 15) is 4.79 Å². The van der Waals surface area contributed by atoms with E-state index in [-0.39, 0.29) is 5.69 Å². The maximum Gasteiger partial charge on any atom is 0.347 e. The van der Waals surface area contributed by atoms with E-state index in [2.05, 4.69) is 39.2 Å². The molecular formula is C17H25N5O2. The molecule has 0 atom stereocenters. The first-order valence-electron chi connectivity index (χ1n) is 8.26. The number of aromatic amines is 1. The number of rotatable bonds is 8. The fraction of sp³-hybridized carbons (Fsp3) is 0.471. The van der Waals surface area contributed by atoms with Gasteiger partial charge in [0.15, 0.2) is 0 Å². The van der Waals surface area contributed by atoms with Crippen LogP contribution in [0.2, 0.25) is 0 Å². The van der Waals surface area contributed by atoms with Gasteiger partial charge in [-0.1, -0.05) is 13.8 Å². The smallest absolute Gasteiger partial charge is 0.347 e. The van der Waals surface area contributed by atoms with E-state index in [1.807, 2.05) is 26.0 Å². The van der Waals surface area contributed by atoms with Crippen LogP contribution in [0.25, 0.3) is 0 Å². The van der Waals surface area contributed by atoms with Crippen LogP contribution in [0.5, 0.6) is 0 Å². The predicted molar refractivity (Wildman–Crippen MR) is 97.1 cm³/mol. The standard InChI is InChI=1S/C17H25N5O2/c1-5-7-22(8-6-2)15-10-14(19-17(23)20-15)11-18-21-16-9-12(3)13(4)24-16/h9-11,21H,5-8H2,1-4H3,(H,19,20,23)/b18-11+. The molecule has 0 aromatic carbocycles. The van der Waals surface area contributed by atoms with Crippen LogP contribution in [0.1, 0.15) is 43.7 Å². The highest BCUT2D eigenvalue weighted by Crippen LogP contribution is 2.17. The van der Waals surface area contributed by atoms with E-state index in [1.54, 1.807) is 6.21 Å². The molecule has 0 bridgehead atoms. The molecule has 0 fully saturated rings. The topological polar surface area (TPSA) is 86.5 Å². The minimum atomic E-state index is -0.379. The van der Waals surface area contributed by atoms with Gasteiger partial charge >= 0.3 is 5.69 Å². The summed E-state index contributed by atoms with van der Waals surface area (Å²) >= 11 is 0. The van der Waals surface area contributed by atoms with Gasteiger partial charge in [-0.25, -0.2) is 10.2 Å². The number of nitrogens with zero attached hydrogens (tertiary/aromatic N) is 3. The van der Waals surface area contributed by atoms with Crippen LogP contribution in [-0.4, -0.2) is 29.3 Å². The Hall–Kier alpha value is -2.57. The molecule has 130 valence electrons. The minimum absolute atomic E-state index is 0.379. The van der Waals surface area contributed by atoms with Gasteiger partial charge in [-0.15, -0.1) is 0 Å². The van der Waals surface area contributed by atoms with Gasteiger partial charge in [-0.05, 0) is 32.3 Å². The zero-order valence-electron chi connectivity index (χ0n) is 14.7. The van der Waals surface area contributed by atoms with Crippen molar-refractivity contribution in [1.29, 1.82) is 0 Å². The van der Waals surface area contributed by atoms with Gasteiger partial charge < -0.3 is 14.3 Å². The number of nitrogens with one attached hydrogen (secondary N) is 2. The zero-order chi connectivity index (χ0) is 17.5. The van der Waals surface area contributed by atoms with Crippen molar-refractivity contribution < 1.29 is 4.42 Å². The third-order valence-electron chi connectivity index (χ3n) is 3.61. The minimum Gasteiger partial charge on any atom is -0.444 e. The van der Waals surface area contributed by atoms with Crippen molar-refractivity contribution in [3.8, 4) is 0 Å². The third kappa shape index (κ3) is 4.71. The summed E-state index contributed by atoms with van der Waals surface area (Å²) in [6, 6.07) is 3.70. The Morgan fingerprint density at radius 2 is 2.00 bits per heavy atom. The number of aryl methyl sites for hydroxylation is 2. The molecule has 0 aliphatic carbocycles. The summed E-state index contributed by atoms with van der Waals surface area (Å²) in [5.74, 6) is 2.09. The molecule has 0 aliphatic heterocycles. The van der Waals surface area contributed by atoms with E-state index in [4.69, 9.17) is 4.42 Å². The second kappa shape index (κ2) is 8.33. The normalized spacial score (nSPS) is 11.2. The second-order valence-electron chi connectivity index (χ2n) is 5.71. The molecule has 2 N–H and O–H groups in total. The maximum atomic E-state index is 11.8. The SMILES string of the molecule is CCCN(CCC)c1cc(/C=N/Nc2cc(C)c(C)o2)[nH]c(=O)n1. The molecule has 2 aromatic heterocycles. The Kier molecular flexibility index (Phi) is 6.17. The highest BCUT2D eigenvalue weighted by Gasteiger charge is 2.08. The van der Waals surface area contributed by atoms with Gasteiger partial charge in [0.2, 0.25) is 5.88 Å². The number of hydrazone groups is 1. The van der Waals surface area contributed by atoms with Gasteiger partial charge in [0.05, 0.1) is 11.9 Å². The summed E-state index contributed by atoms with van der Waals surface area (Å²) in [7, 11) is 0. The van der Waals surface area contributed by atoms with Gasteiger partial charge in [0.1, 0.15) is 11.6 Å². The van der Waals surface area contributed by atoms with Gasteiger partial charge in [-0.2, -0.15) is 10.1 Å². The van der Waals surface area contributed by atoms with Crippen LogP contribution in [-0.2, 0) is 0 Å². The van der Waals surface area contributed by atoms with Crippen molar-refractivity contribution in [2.45, 2.75) is 40.5 Å². The van der Waals surface area contributed by atoms with E-state index >= 15 is 0 Å². The monoisotopic (exact) mass is 331 g/mol. The Morgan fingerprint density at radius 3 is 2.58 bits per heavy atom. The van der Waals surface area contributed by atoms with Crippen LogP contribution in [0.4, 0.5) is 11.7 Å². The molecule has 2 rings (SSSR count). The number of H-pyrrole nitrogens is 1. The summed E-state index contributed by atoms with van der Waals surface area (Å²) in [6.07, 6.45) is 3.54. The van der Waals surface area contributed by atoms with Crippen molar-refractivity contribution in [3.63, 3.8) is 0 Å². The highest BCUT2D eigenvalue weighted by atomic mass is 16.4. The first kappa shape index (κ1) is 17.8. The average molecular weight is 331 g/mol. The third-order valence-corrected chi connectivity index (χ3v) is 3.61. The van der Waals surface area contributed by atoms with E-state index in [0.717, 1.165) is 37.3 Å². The largest absolute Gasteiger partial charge is 0.444 e. The molecular weight excluding hydrogens is 306 g/mol. The fourth-order valence-electron chi connectivity index (χ4n) is 2.37. The lowest BCUT2D eigenvalue weighted by molar-refractivity contribution is 0.545. The molecule has 2 heterocycles. The molecule has 0 saturated carbocycles. The Labute approximate surface area is 141 Å². The lowest BCUT2D eigenvalue weighted by atomic mass is 10.3. The molecule has 0 saturated heterocycles. The maximum absolute atomic E-state index is 11.8. The van der Waals surface area contributed by atoms with Crippen LogP contribution in [0, 0.1) is 13.8 Å². The molecule has 2 aromatic rings. The molecule has 7 heteroatoms. The molecule has 7 nitrogen and oxygen atoms in total. The lowest BCUT2D eigenvalue weighted by Crippen LogP contribution is -2.28. The average Bonchev–Trinajstić information content (AvgIpc) is 2.85.